The van der Waals surface area contributed by atoms with Gasteiger partial charge in [0.2, 0.25) is 0 Å². The molecule has 0 unspecified atom stereocenters. The van der Waals surface area contributed by atoms with Crippen molar-refractivity contribution in [2.75, 3.05) is 33.3 Å². The van der Waals surface area contributed by atoms with Gasteiger partial charge in [0.15, 0.2) is 11.6 Å². The number of piperazine rings is 1. The topological polar surface area (TPSA) is 45.7 Å². The fourth-order valence-electron chi connectivity index (χ4n) is 2.80. The second-order valence-electron chi connectivity index (χ2n) is 5.79. The molecule has 1 aromatic carbocycles. The molecule has 7 heteroatoms. The van der Waals surface area contributed by atoms with Crippen molar-refractivity contribution < 1.29 is 13.9 Å². The van der Waals surface area contributed by atoms with Crippen molar-refractivity contribution in [2.45, 2.75) is 13.5 Å². The van der Waals surface area contributed by atoms with Crippen LogP contribution >= 0.6 is 11.3 Å². The molecular formula is C17H20FN3O2S. The van der Waals surface area contributed by atoms with Crippen molar-refractivity contribution in [3.63, 3.8) is 0 Å². The summed E-state index contributed by atoms with van der Waals surface area (Å²) in [6, 6.07) is 5.03. The van der Waals surface area contributed by atoms with Crippen molar-refractivity contribution in [3.8, 4) is 5.75 Å². The molecule has 1 aliphatic heterocycles. The molecule has 0 atom stereocenters. The molecule has 0 aliphatic carbocycles. The number of nitrogens with zero attached hydrogens (tertiary/aromatic N) is 3. The van der Waals surface area contributed by atoms with Gasteiger partial charge in [0.1, 0.15) is 5.69 Å². The van der Waals surface area contributed by atoms with Crippen molar-refractivity contribution in [3.05, 3.63) is 45.7 Å². The number of amides is 1. The Morgan fingerprint density at radius 3 is 2.67 bits per heavy atom. The molecule has 5 nitrogen and oxygen atoms in total. The largest absolute Gasteiger partial charge is 0.494 e. The molecule has 0 saturated carbocycles. The highest BCUT2D eigenvalue weighted by Crippen LogP contribution is 2.19. The Balaban J connectivity index is 1.55. The van der Waals surface area contributed by atoms with E-state index in [4.69, 9.17) is 4.74 Å². The van der Waals surface area contributed by atoms with Gasteiger partial charge >= 0.3 is 0 Å². The van der Waals surface area contributed by atoms with Crippen LogP contribution in [0, 0.1) is 12.7 Å². The van der Waals surface area contributed by atoms with Gasteiger partial charge in [0.05, 0.1) is 12.1 Å². The highest BCUT2D eigenvalue weighted by Gasteiger charge is 2.23. The molecule has 0 bridgehead atoms. The van der Waals surface area contributed by atoms with Crippen LogP contribution < -0.4 is 4.74 Å². The molecule has 2 aromatic rings. The first-order valence-electron chi connectivity index (χ1n) is 7.83. The van der Waals surface area contributed by atoms with Crippen molar-refractivity contribution in [2.24, 2.45) is 0 Å². The maximum atomic E-state index is 13.8. The minimum Gasteiger partial charge on any atom is -0.494 e. The molecule has 1 fully saturated rings. The monoisotopic (exact) mass is 349 g/mol. The van der Waals surface area contributed by atoms with E-state index in [9.17, 15) is 9.18 Å². The zero-order valence-electron chi connectivity index (χ0n) is 13.8. The first kappa shape index (κ1) is 16.9. The number of aromatic nitrogens is 1. The number of thiazole rings is 1. The fraction of sp³-hybridized carbons (Fsp3) is 0.412. The number of halogens is 1. The summed E-state index contributed by atoms with van der Waals surface area (Å²) in [5, 5.41) is 2.71. The van der Waals surface area contributed by atoms with Crippen LogP contribution in [0.5, 0.6) is 5.75 Å². The Bertz CT molecular complexity index is 726. The first-order chi connectivity index (χ1) is 11.6. The predicted molar refractivity (Wildman–Crippen MR) is 91.0 cm³/mol. The summed E-state index contributed by atoms with van der Waals surface area (Å²) in [5.41, 5.74) is 1.44. The molecule has 2 heterocycles. The van der Waals surface area contributed by atoms with E-state index >= 15 is 0 Å². The van der Waals surface area contributed by atoms with E-state index in [1.54, 1.807) is 6.07 Å². The third kappa shape index (κ3) is 3.73. The maximum Gasteiger partial charge on any atom is 0.273 e. The lowest BCUT2D eigenvalue weighted by Crippen LogP contribution is -2.48. The number of methoxy groups -OCH3 is 1. The lowest BCUT2D eigenvalue weighted by atomic mass is 10.1. The van der Waals surface area contributed by atoms with Crippen LogP contribution in [-0.2, 0) is 6.54 Å². The van der Waals surface area contributed by atoms with E-state index in [0.717, 1.165) is 23.7 Å². The van der Waals surface area contributed by atoms with E-state index in [2.05, 4.69) is 9.88 Å². The number of ether oxygens (including phenoxy) is 1. The Kier molecular flexibility index (Phi) is 5.11. The van der Waals surface area contributed by atoms with Gasteiger partial charge in [-0.2, -0.15) is 0 Å². The van der Waals surface area contributed by atoms with E-state index in [-0.39, 0.29) is 17.5 Å². The molecule has 128 valence electrons. The highest BCUT2D eigenvalue weighted by atomic mass is 32.1. The van der Waals surface area contributed by atoms with E-state index in [0.29, 0.717) is 25.3 Å². The summed E-state index contributed by atoms with van der Waals surface area (Å²) in [5.74, 6) is -0.0927. The second-order valence-corrected chi connectivity index (χ2v) is 6.85. The van der Waals surface area contributed by atoms with Gasteiger partial charge in [-0.15, -0.1) is 11.3 Å². The minimum atomic E-state index is -0.345. The number of carbonyl (C=O) groups excluding carboxylic acids is 1. The van der Waals surface area contributed by atoms with Gasteiger partial charge < -0.3 is 9.64 Å². The van der Waals surface area contributed by atoms with Gasteiger partial charge in [0, 0.05) is 38.1 Å². The van der Waals surface area contributed by atoms with Crippen LogP contribution in [0.25, 0.3) is 0 Å². The summed E-state index contributed by atoms with van der Waals surface area (Å²) in [7, 11) is 1.46. The third-order valence-electron chi connectivity index (χ3n) is 4.12. The smallest absolute Gasteiger partial charge is 0.273 e. The van der Waals surface area contributed by atoms with Gasteiger partial charge in [-0.3, -0.25) is 9.69 Å². The molecule has 1 aliphatic rings. The highest BCUT2D eigenvalue weighted by molar-refractivity contribution is 7.09. The van der Waals surface area contributed by atoms with Crippen LogP contribution in [-0.4, -0.2) is 54.0 Å². The number of benzene rings is 1. The minimum absolute atomic E-state index is 0.00510. The van der Waals surface area contributed by atoms with E-state index in [1.165, 1.54) is 24.5 Å². The van der Waals surface area contributed by atoms with E-state index in [1.807, 2.05) is 23.3 Å². The SMILES string of the molecule is COc1ccc(CN2CCN(C(=O)c3csc(C)n3)CC2)cc1F. The summed E-state index contributed by atoms with van der Waals surface area (Å²) < 4.78 is 18.7. The fourth-order valence-corrected chi connectivity index (χ4v) is 3.39. The molecule has 0 radical (unpaired) electrons. The average Bonchev–Trinajstić information content (AvgIpc) is 3.02. The van der Waals surface area contributed by atoms with Crippen molar-refractivity contribution in [1.29, 1.82) is 0 Å². The third-order valence-corrected chi connectivity index (χ3v) is 4.89. The molecular weight excluding hydrogens is 329 g/mol. The zero-order valence-corrected chi connectivity index (χ0v) is 14.6. The number of rotatable bonds is 4. The number of hydrogen-bond donors (Lipinski definition) is 0. The molecule has 1 saturated heterocycles. The van der Waals surface area contributed by atoms with Crippen LogP contribution in [0.2, 0.25) is 0 Å². The summed E-state index contributed by atoms with van der Waals surface area (Å²) in [6.45, 7) is 5.42. The Hall–Kier alpha value is -1.99. The number of aryl methyl sites for hydroxylation is 1. The lowest BCUT2D eigenvalue weighted by molar-refractivity contribution is 0.0623. The molecule has 0 spiro atoms. The lowest BCUT2D eigenvalue weighted by Gasteiger charge is -2.34. The van der Waals surface area contributed by atoms with Crippen LogP contribution in [0.3, 0.4) is 0 Å². The zero-order chi connectivity index (χ0) is 17.1. The van der Waals surface area contributed by atoms with Crippen LogP contribution in [0.4, 0.5) is 4.39 Å². The van der Waals surface area contributed by atoms with E-state index < -0.39 is 0 Å². The van der Waals surface area contributed by atoms with Crippen LogP contribution in [0.1, 0.15) is 21.1 Å². The molecule has 3 rings (SSSR count). The van der Waals surface area contributed by atoms with Crippen molar-refractivity contribution in [1.82, 2.24) is 14.8 Å². The second kappa shape index (κ2) is 7.27. The predicted octanol–water partition coefficient (Wildman–Crippen LogP) is 2.56. The Morgan fingerprint density at radius 2 is 2.08 bits per heavy atom. The van der Waals surface area contributed by atoms with Crippen molar-refractivity contribution >= 4 is 17.2 Å². The summed E-state index contributed by atoms with van der Waals surface area (Å²) in [4.78, 5) is 20.7. The average molecular weight is 349 g/mol. The van der Waals surface area contributed by atoms with Gasteiger partial charge in [0.25, 0.3) is 5.91 Å². The summed E-state index contributed by atoms with van der Waals surface area (Å²) >= 11 is 1.49. The molecule has 0 N–H and O–H groups in total. The van der Waals surface area contributed by atoms with Gasteiger partial charge in [-0.1, -0.05) is 6.07 Å². The van der Waals surface area contributed by atoms with Gasteiger partial charge in [-0.25, -0.2) is 9.37 Å². The number of carbonyl (C=O) groups is 1. The normalized spacial score (nSPS) is 15.5. The van der Waals surface area contributed by atoms with Gasteiger partial charge in [-0.05, 0) is 24.6 Å². The summed E-state index contributed by atoms with van der Waals surface area (Å²) in [6.07, 6.45) is 0. The molecule has 1 amide bonds. The molecule has 24 heavy (non-hydrogen) atoms. The molecule has 1 aromatic heterocycles. The standard InChI is InChI=1S/C17H20FN3O2S/c1-12-19-15(11-24-12)17(22)21-7-5-20(6-8-21)10-13-3-4-16(23-2)14(18)9-13/h3-4,9,11H,5-8,10H2,1-2H3. The maximum absolute atomic E-state index is 13.8. The first-order valence-corrected chi connectivity index (χ1v) is 8.71. The van der Waals surface area contributed by atoms with Crippen LogP contribution in [0.15, 0.2) is 23.6 Å². The Morgan fingerprint density at radius 1 is 1.33 bits per heavy atom. The number of hydrogen-bond acceptors (Lipinski definition) is 5. The Labute approximate surface area is 144 Å². The quantitative estimate of drug-likeness (QED) is 0.851.